The third-order valence-electron chi connectivity index (χ3n) is 7.68. The van der Waals surface area contributed by atoms with Gasteiger partial charge in [-0.25, -0.2) is 0 Å². The summed E-state index contributed by atoms with van der Waals surface area (Å²) in [6.07, 6.45) is 2.37. The van der Waals surface area contributed by atoms with Gasteiger partial charge in [0.1, 0.15) is 6.04 Å². The molecule has 1 atom stereocenters. The fourth-order valence-corrected chi connectivity index (χ4v) is 5.75. The molecule has 3 aromatic rings. The molecule has 38 heavy (non-hydrogen) atoms. The highest BCUT2D eigenvalue weighted by Gasteiger charge is 2.40. The van der Waals surface area contributed by atoms with Crippen LogP contribution >= 0.6 is 0 Å². The molecular formula is C30H25N3O5. The average molecular weight is 508 g/mol. The number of nitrogens with one attached hydrogen (secondary N) is 2. The topological polar surface area (TPSA) is 113 Å². The van der Waals surface area contributed by atoms with Crippen LogP contribution in [0.3, 0.4) is 0 Å². The van der Waals surface area contributed by atoms with Crippen LogP contribution in [0, 0.1) is 0 Å². The van der Waals surface area contributed by atoms with Crippen molar-refractivity contribution < 1.29 is 24.0 Å². The lowest BCUT2D eigenvalue weighted by Gasteiger charge is -2.29. The van der Waals surface area contributed by atoms with Crippen molar-refractivity contribution in [2.75, 3.05) is 5.32 Å². The number of imide groups is 1. The second-order valence-corrected chi connectivity index (χ2v) is 9.95. The zero-order chi connectivity index (χ0) is 26.4. The number of anilines is 1. The Bertz CT molecular complexity index is 1550. The van der Waals surface area contributed by atoms with Gasteiger partial charge in [0, 0.05) is 48.8 Å². The maximum absolute atomic E-state index is 13.1. The van der Waals surface area contributed by atoms with Gasteiger partial charge < -0.3 is 10.2 Å². The summed E-state index contributed by atoms with van der Waals surface area (Å²) in [5.41, 5.74) is 2.85. The predicted molar refractivity (Wildman–Crippen MR) is 140 cm³/mol. The minimum atomic E-state index is -0.716. The Hall–Kier alpha value is -4.59. The Balaban J connectivity index is 1.21. The van der Waals surface area contributed by atoms with E-state index < -0.39 is 11.9 Å². The summed E-state index contributed by atoms with van der Waals surface area (Å²) in [4.78, 5) is 64.6. The van der Waals surface area contributed by atoms with Gasteiger partial charge >= 0.3 is 0 Å². The Morgan fingerprint density at radius 3 is 2.39 bits per heavy atom. The first kappa shape index (κ1) is 23.8. The number of amides is 3. The quantitative estimate of drug-likeness (QED) is 0.317. The number of nitrogens with zero attached hydrogens (tertiary/aromatic N) is 1. The average Bonchev–Trinajstić information content (AvgIpc) is 3.24. The van der Waals surface area contributed by atoms with Gasteiger partial charge in [-0.2, -0.15) is 0 Å². The number of hydrogen-bond donors (Lipinski definition) is 2. The standard InChI is InChI=1S/C30H25N3O5/c34-26-13-18(20-8-3-6-17-5-1-2-7-19(17)20)14-27(35)22(26)15-31-24-10-4-9-21-23(24)16-33(30(21)38)25-11-12-28(36)32-29(25)37/h1-10,15,18,25,31H,11-14,16H2,(H,32,36,37). The second kappa shape index (κ2) is 9.37. The molecule has 0 aromatic heterocycles. The summed E-state index contributed by atoms with van der Waals surface area (Å²) in [5.74, 6) is -1.72. The van der Waals surface area contributed by atoms with Crippen LogP contribution in [-0.2, 0) is 25.7 Å². The Labute approximate surface area is 218 Å². The molecule has 8 heteroatoms. The minimum absolute atomic E-state index is 0.116. The van der Waals surface area contributed by atoms with Gasteiger partial charge in [0.2, 0.25) is 11.8 Å². The zero-order valence-corrected chi connectivity index (χ0v) is 20.5. The van der Waals surface area contributed by atoms with Crippen LogP contribution in [0.1, 0.15) is 53.1 Å². The van der Waals surface area contributed by atoms with E-state index in [1.165, 1.54) is 11.1 Å². The van der Waals surface area contributed by atoms with Crippen LogP contribution in [0.25, 0.3) is 10.8 Å². The molecule has 2 aliphatic heterocycles. The van der Waals surface area contributed by atoms with Crippen molar-refractivity contribution in [2.24, 2.45) is 0 Å². The van der Waals surface area contributed by atoms with Crippen LogP contribution in [0.15, 0.2) is 72.4 Å². The lowest BCUT2D eigenvalue weighted by atomic mass is 9.79. The van der Waals surface area contributed by atoms with Crippen molar-refractivity contribution in [3.63, 3.8) is 0 Å². The number of piperidine rings is 1. The maximum Gasteiger partial charge on any atom is 0.255 e. The number of rotatable bonds is 4. The highest BCUT2D eigenvalue weighted by Crippen LogP contribution is 2.36. The lowest BCUT2D eigenvalue weighted by Crippen LogP contribution is -2.52. The van der Waals surface area contributed by atoms with Crippen molar-refractivity contribution in [3.8, 4) is 0 Å². The summed E-state index contributed by atoms with van der Waals surface area (Å²) in [6.45, 7) is 0.192. The van der Waals surface area contributed by atoms with Crippen LogP contribution in [0.5, 0.6) is 0 Å². The summed E-state index contributed by atoms with van der Waals surface area (Å²) in [7, 11) is 0. The minimum Gasteiger partial charge on any atom is -0.361 e. The van der Waals surface area contributed by atoms with Gasteiger partial charge in [-0.15, -0.1) is 0 Å². The molecule has 2 N–H and O–H groups in total. The maximum atomic E-state index is 13.1. The molecule has 3 aliphatic rings. The molecule has 2 fully saturated rings. The molecule has 1 saturated carbocycles. The first-order valence-electron chi connectivity index (χ1n) is 12.7. The number of carbonyl (C=O) groups excluding carboxylic acids is 5. The van der Waals surface area contributed by atoms with Gasteiger partial charge in [0.15, 0.2) is 11.6 Å². The molecule has 1 saturated heterocycles. The lowest BCUT2D eigenvalue weighted by molar-refractivity contribution is -0.137. The van der Waals surface area contributed by atoms with E-state index in [9.17, 15) is 24.0 Å². The molecule has 2 heterocycles. The molecule has 0 spiro atoms. The fourth-order valence-electron chi connectivity index (χ4n) is 5.75. The van der Waals surface area contributed by atoms with Crippen molar-refractivity contribution in [2.45, 2.75) is 44.2 Å². The third-order valence-corrected chi connectivity index (χ3v) is 7.68. The molecule has 190 valence electrons. The van der Waals surface area contributed by atoms with Crippen LogP contribution in [0.2, 0.25) is 0 Å². The Morgan fingerprint density at radius 1 is 0.868 bits per heavy atom. The number of hydrogen-bond acceptors (Lipinski definition) is 6. The van der Waals surface area contributed by atoms with E-state index in [4.69, 9.17) is 0 Å². The monoisotopic (exact) mass is 507 g/mol. The summed E-state index contributed by atoms with van der Waals surface area (Å²) in [6, 6.07) is 18.4. The van der Waals surface area contributed by atoms with Crippen LogP contribution in [-0.4, -0.2) is 40.2 Å². The molecule has 6 rings (SSSR count). The fraction of sp³-hybridized carbons (Fsp3) is 0.233. The van der Waals surface area contributed by atoms with Crippen LogP contribution < -0.4 is 10.6 Å². The predicted octanol–water partition coefficient (Wildman–Crippen LogP) is 3.61. The molecule has 8 nitrogen and oxygen atoms in total. The summed E-state index contributed by atoms with van der Waals surface area (Å²) < 4.78 is 0. The van der Waals surface area contributed by atoms with Gasteiger partial charge in [-0.1, -0.05) is 48.5 Å². The van der Waals surface area contributed by atoms with Gasteiger partial charge in [0.25, 0.3) is 5.91 Å². The first-order valence-corrected chi connectivity index (χ1v) is 12.7. The normalized spacial score (nSPS) is 21.5. The number of Topliss-reactive ketones (excluding diaryl/α,β-unsaturated/α-hetero) is 2. The number of ketones is 2. The molecule has 1 aliphatic carbocycles. The largest absolute Gasteiger partial charge is 0.361 e. The van der Waals surface area contributed by atoms with E-state index in [1.807, 2.05) is 42.5 Å². The van der Waals surface area contributed by atoms with E-state index in [0.717, 1.165) is 16.3 Å². The molecule has 1 unspecified atom stereocenters. The van der Waals surface area contributed by atoms with Gasteiger partial charge in [-0.3, -0.25) is 29.3 Å². The second-order valence-electron chi connectivity index (χ2n) is 9.95. The summed E-state index contributed by atoms with van der Waals surface area (Å²) >= 11 is 0. The van der Waals surface area contributed by atoms with Crippen molar-refractivity contribution in [3.05, 3.63) is 89.1 Å². The Morgan fingerprint density at radius 2 is 1.61 bits per heavy atom. The van der Waals surface area contributed by atoms with E-state index in [2.05, 4.69) is 10.6 Å². The molecule has 0 bridgehead atoms. The Kier molecular flexibility index (Phi) is 5.87. The molecular weight excluding hydrogens is 482 g/mol. The number of allylic oxidation sites excluding steroid dienone is 1. The molecule has 3 amide bonds. The SMILES string of the molecule is O=C1CCC(N2Cc3c(NC=C4C(=O)CC(c5cccc6ccccc56)CC4=O)cccc3C2=O)C(=O)N1. The number of benzene rings is 3. The highest BCUT2D eigenvalue weighted by atomic mass is 16.2. The number of fused-ring (bicyclic) bond motifs is 2. The zero-order valence-electron chi connectivity index (χ0n) is 20.5. The van der Waals surface area contributed by atoms with E-state index in [0.29, 0.717) is 16.8 Å². The first-order chi connectivity index (χ1) is 18.4. The third kappa shape index (κ3) is 4.08. The smallest absolute Gasteiger partial charge is 0.255 e. The summed E-state index contributed by atoms with van der Waals surface area (Å²) in [5, 5.41) is 7.51. The highest BCUT2D eigenvalue weighted by molar-refractivity contribution is 6.22. The molecule has 3 aromatic carbocycles. The van der Waals surface area contributed by atoms with Crippen molar-refractivity contribution in [1.82, 2.24) is 10.2 Å². The van der Waals surface area contributed by atoms with E-state index in [1.54, 1.807) is 18.2 Å². The van der Waals surface area contributed by atoms with Crippen molar-refractivity contribution >= 4 is 45.7 Å². The van der Waals surface area contributed by atoms with Crippen LogP contribution in [0.4, 0.5) is 5.69 Å². The van der Waals surface area contributed by atoms with Gasteiger partial charge in [0.05, 0.1) is 5.57 Å². The van der Waals surface area contributed by atoms with E-state index >= 15 is 0 Å². The van der Waals surface area contributed by atoms with Gasteiger partial charge in [-0.05, 0) is 40.8 Å². The van der Waals surface area contributed by atoms with Crippen molar-refractivity contribution in [1.29, 1.82) is 0 Å². The number of carbonyl (C=O) groups is 5. The van der Waals surface area contributed by atoms with E-state index in [-0.39, 0.29) is 67.1 Å². The molecule has 0 radical (unpaired) electrons.